The Hall–Kier alpha value is -1.30. The molecular weight excluding hydrogens is 196 g/mol. The van der Waals surface area contributed by atoms with Gasteiger partial charge in [0.1, 0.15) is 5.84 Å². The fourth-order valence-corrected chi connectivity index (χ4v) is 1.09. The first-order valence-corrected chi connectivity index (χ1v) is 4.21. The van der Waals surface area contributed by atoms with Gasteiger partial charge in [-0.25, -0.2) is 0 Å². The molecule has 0 aliphatic rings. The third-order valence-corrected chi connectivity index (χ3v) is 1.62. The fraction of sp³-hybridized carbons (Fsp3) is 0. The first kappa shape index (κ1) is 9.79. The van der Waals surface area contributed by atoms with E-state index in [1.165, 1.54) is 12.1 Å². The smallest absolute Gasteiger partial charge is 0.349 e. The summed E-state index contributed by atoms with van der Waals surface area (Å²) in [5.41, 5.74) is 5.44. The van der Waals surface area contributed by atoms with Crippen molar-refractivity contribution in [3.8, 4) is 5.75 Å². The van der Waals surface area contributed by atoms with E-state index in [0.29, 0.717) is 0 Å². The molecule has 0 fully saturated rings. The molecule has 0 aromatic heterocycles. The third kappa shape index (κ3) is 2.59. The van der Waals surface area contributed by atoms with Crippen molar-refractivity contribution in [2.45, 2.75) is 0 Å². The minimum absolute atomic E-state index is 0.0422. The van der Waals surface area contributed by atoms with Crippen molar-refractivity contribution >= 4 is 5.84 Å². The summed E-state index contributed by atoms with van der Waals surface area (Å²) in [7, 11) is -2.32. The Kier molecular flexibility index (Phi) is 3.07. The number of amidine groups is 1. The molecule has 0 saturated heterocycles. The second kappa shape index (κ2) is 4.08. The number of nitrogens with one attached hydrogen (secondary N) is 1. The van der Waals surface area contributed by atoms with E-state index in [-0.39, 0.29) is 17.1 Å². The Morgan fingerprint density at radius 2 is 2.00 bits per heavy atom. The normalized spacial score (nSPS) is 10.1. The van der Waals surface area contributed by atoms with Crippen molar-refractivity contribution in [1.82, 2.24) is 0 Å². The van der Waals surface area contributed by atoms with Gasteiger partial charge in [0.15, 0.2) is 0 Å². The first-order valence-electron chi connectivity index (χ1n) is 3.28. The summed E-state index contributed by atoms with van der Waals surface area (Å²) in [4.78, 5) is 0. The summed E-state index contributed by atoms with van der Waals surface area (Å²) in [6.45, 7) is 0. The Labute approximate surface area is 77.7 Å². The third-order valence-electron chi connectivity index (χ3n) is 1.32. The van der Waals surface area contributed by atoms with Crippen LogP contribution >= 0.6 is 0 Å². The molecule has 3 N–H and O–H groups in total. The van der Waals surface area contributed by atoms with Crippen LogP contribution in [0.4, 0.5) is 0 Å². The zero-order valence-electron chi connectivity index (χ0n) is 6.49. The molecule has 1 aromatic carbocycles. The van der Waals surface area contributed by atoms with Gasteiger partial charge in [-0.2, -0.15) is 0 Å². The standard InChI is InChI=1S/C7H7ClN2O3/c9-7(10)5-3-1-2-4-6(5)13-8(11)12/h1-4H,(H3,9,10). The summed E-state index contributed by atoms with van der Waals surface area (Å²) < 4.78 is 24.7. The van der Waals surface area contributed by atoms with Gasteiger partial charge in [0, 0.05) is 0 Å². The Morgan fingerprint density at radius 3 is 2.54 bits per heavy atom. The number of nitrogens with two attached hydrogens (primary N) is 1. The summed E-state index contributed by atoms with van der Waals surface area (Å²) in [6, 6.07) is 6.13. The highest BCUT2D eigenvalue weighted by molar-refractivity contribution is 5.97. The van der Waals surface area contributed by atoms with Gasteiger partial charge in [-0.3, -0.25) is 5.41 Å². The van der Waals surface area contributed by atoms with Gasteiger partial charge in [-0.05, 0) is 12.1 Å². The van der Waals surface area contributed by atoms with Gasteiger partial charge in [0.25, 0.3) is 5.75 Å². The Morgan fingerprint density at radius 1 is 1.38 bits per heavy atom. The lowest BCUT2D eigenvalue weighted by molar-refractivity contribution is -1.62. The maximum Gasteiger partial charge on any atom is 0.349 e. The van der Waals surface area contributed by atoms with Crippen LogP contribution in [-0.2, 0) is 0 Å². The van der Waals surface area contributed by atoms with Gasteiger partial charge in [0.05, 0.1) is 5.56 Å². The van der Waals surface area contributed by atoms with E-state index in [0.717, 1.165) is 0 Å². The van der Waals surface area contributed by atoms with Crippen LogP contribution in [-0.4, -0.2) is 5.84 Å². The van der Waals surface area contributed by atoms with Gasteiger partial charge in [-0.15, -0.1) is 4.29 Å². The summed E-state index contributed by atoms with van der Waals surface area (Å²) in [6.07, 6.45) is 0. The highest BCUT2D eigenvalue weighted by Gasteiger charge is 2.15. The number of benzene rings is 1. The van der Waals surface area contributed by atoms with Gasteiger partial charge < -0.3 is 15.1 Å². The molecule has 5 nitrogen and oxygen atoms in total. The fourth-order valence-electron chi connectivity index (χ4n) is 0.824. The molecule has 0 aliphatic heterocycles. The molecule has 0 atom stereocenters. The molecule has 0 spiro atoms. The Balaban J connectivity index is 2.98. The van der Waals surface area contributed by atoms with E-state index >= 15 is 0 Å². The van der Waals surface area contributed by atoms with Crippen molar-refractivity contribution in [1.29, 1.82) is 5.41 Å². The summed E-state index contributed by atoms with van der Waals surface area (Å²) >= 11 is 0. The molecule has 0 bridgehead atoms. The maximum absolute atomic E-state index is 10.2. The second-order valence-corrected chi connectivity index (χ2v) is 2.71. The van der Waals surface area contributed by atoms with Crippen LogP contribution in [0.5, 0.6) is 5.75 Å². The number of hydrogen-bond acceptors (Lipinski definition) is 4. The first-order chi connectivity index (χ1) is 6.11. The lowest BCUT2D eigenvalue weighted by Gasteiger charge is -2.01. The monoisotopic (exact) mass is 202 g/mol. The van der Waals surface area contributed by atoms with Crippen LogP contribution in [0.1, 0.15) is 5.56 Å². The van der Waals surface area contributed by atoms with Crippen LogP contribution in [0.3, 0.4) is 0 Å². The second-order valence-electron chi connectivity index (χ2n) is 2.18. The summed E-state index contributed by atoms with van der Waals surface area (Å²) in [5, 5.41) is 7.11. The van der Waals surface area contributed by atoms with Crippen molar-refractivity contribution in [3.63, 3.8) is 0 Å². The van der Waals surface area contributed by atoms with Crippen LogP contribution in [0.25, 0.3) is 0 Å². The molecule has 0 aliphatic carbocycles. The van der Waals surface area contributed by atoms with Crippen LogP contribution in [0.2, 0.25) is 0 Å². The van der Waals surface area contributed by atoms with Crippen LogP contribution in [0.15, 0.2) is 24.3 Å². The molecule has 0 saturated carbocycles. The highest BCUT2D eigenvalue weighted by Crippen LogP contribution is 2.17. The highest BCUT2D eigenvalue weighted by atomic mass is 35.6. The quantitative estimate of drug-likeness (QED) is 0.457. The van der Waals surface area contributed by atoms with E-state index < -0.39 is 10.8 Å². The molecule has 0 unspecified atom stereocenters. The molecule has 0 radical (unpaired) electrons. The largest absolute Gasteiger partial charge is 0.384 e. The van der Waals surface area contributed by atoms with Crippen molar-refractivity contribution in [2.24, 2.45) is 5.73 Å². The van der Waals surface area contributed by atoms with Crippen molar-refractivity contribution in [3.05, 3.63) is 29.8 Å². The molecule has 70 valence electrons. The SMILES string of the molecule is N=C(N)c1ccccc1O[Cl+2]([O-])[O-]. The lowest BCUT2D eigenvalue weighted by Crippen LogP contribution is -2.37. The number of rotatable bonds is 3. The van der Waals surface area contributed by atoms with E-state index in [9.17, 15) is 9.32 Å². The summed E-state index contributed by atoms with van der Waals surface area (Å²) in [5.74, 6) is -0.199. The molecule has 1 aromatic rings. The Bertz CT molecular complexity index is 316. The number of halogens is 1. The van der Waals surface area contributed by atoms with Gasteiger partial charge >= 0.3 is 10.8 Å². The van der Waals surface area contributed by atoms with Crippen molar-refractivity contribution in [2.75, 3.05) is 0 Å². The topological polar surface area (TPSA) is 105 Å². The van der Waals surface area contributed by atoms with Crippen molar-refractivity contribution < 1.29 is 24.4 Å². The van der Waals surface area contributed by atoms with E-state index in [2.05, 4.69) is 4.29 Å². The predicted molar refractivity (Wildman–Crippen MR) is 38.1 cm³/mol. The molecule has 1 rings (SSSR count). The average molecular weight is 203 g/mol. The number of hydrogen-bond donors (Lipinski definition) is 2. The van der Waals surface area contributed by atoms with Crippen LogP contribution < -0.4 is 19.3 Å². The zero-order chi connectivity index (χ0) is 9.84. The van der Waals surface area contributed by atoms with E-state index in [4.69, 9.17) is 11.1 Å². The minimum atomic E-state index is -2.32. The lowest BCUT2D eigenvalue weighted by atomic mass is 10.2. The van der Waals surface area contributed by atoms with E-state index in [1.807, 2.05) is 0 Å². The van der Waals surface area contributed by atoms with Gasteiger partial charge in [-0.1, -0.05) is 12.1 Å². The molecule has 0 heterocycles. The number of para-hydroxylation sites is 1. The van der Waals surface area contributed by atoms with Crippen LogP contribution in [0, 0.1) is 16.2 Å². The molecule has 0 amide bonds. The minimum Gasteiger partial charge on any atom is -0.384 e. The van der Waals surface area contributed by atoms with E-state index in [1.54, 1.807) is 12.1 Å². The molecular formula is C7H7ClN2O3. The number of nitrogen functional groups attached to an aromatic ring is 1. The molecule has 6 heteroatoms. The van der Waals surface area contributed by atoms with Gasteiger partial charge in [0.2, 0.25) is 0 Å². The average Bonchev–Trinajstić information content (AvgIpc) is 2.03. The molecule has 13 heavy (non-hydrogen) atoms. The maximum atomic E-state index is 10.2. The zero-order valence-corrected chi connectivity index (χ0v) is 7.25. The predicted octanol–water partition coefficient (Wildman–Crippen LogP) is -1.56.